The van der Waals surface area contributed by atoms with E-state index in [4.69, 9.17) is 0 Å². The summed E-state index contributed by atoms with van der Waals surface area (Å²) in [5.41, 5.74) is 2.72. The number of benzene rings is 2. The molecule has 0 radical (unpaired) electrons. The Labute approximate surface area is 130 Å². The van der Waals surface area contributed by atoms with Gasteiger partial charge in [0.1, 0.15) is 0 Å². The van der Waals surface area contributed by atoms with E-state index in [1.54, 1.807) is 0 Å². The van der Waals surface area contributed by atoms with Crippen LogP contribution >= 0.6 is 15.9 Å². The molecule has 20 heavy (non-hydrogen) atoms. The molecule has 1 nitrogen and oxygen atoms in total. The van der Waals surface area contributed by atoms with Crippen molar-refractivity contribution < 1.29 is 0 Å². The fourth-order valence-electron chi connectivity index (χ4n) is 2.45. The zero-order valence-electron chi connectivity index (χ0n) is 12.1. The summed E-state index contributed by atoms with van der Waals surface area (Å²) < 4.78 is 1.14. The van der Waals surface area contributed by atoms with Gasteiger partial charge in [0.15, 0.2) is 0 Å². The van der Waals surface area contributed by atoms with E-state index < -0.39 is 0 Å². The van der Waals surface area contributed by atoms with E-state index in [0.717, 1.165) is 17.3 Å². The average Bonchev–Trinajstić information content (AvgIpc) is 2.47. The summed E-state index contributed by atoms with van der Waals surface area (Å²) in [6, 6.07) is 20.1. The van der Waals surface area contributed by atoms with Gasteiger partial charge in [0, 0.05) is 16.6 Å². The van der Waals surface area contributed by atoms with E-state index in [1.165, 1.54) is 11.1 Å². The van der Waals surface area contributed by atoms with Gasteiger partial charge in [-0.25, -0.2) is 0 Å². The predicted molar refractivity (Wildman–Crippen MR) is 89.9 cm³/mol. The van der Waals surface area contributed by atoms with Gasteiger partial charge in [-0.15, -0.1) is 0 Å². The largest absolute Gasteiger partial charge is 0.307 e. The summed E-state index contributed by atoms with van der Waals surface area (Å²) in [6.07, 6.45) is 2.21. The lowest BCUT2D eigenvalue weighted by atomic mass is 10.0. The maximum Gasteiger partial charge on any atom is 0.0294 e. The molecular weight excluding hydrogens is 310 g/mol. The molecule has 0 spiro atoms. The van der Waals surface area contributed by atoms with Crippen molar-refractivity contribution in [3.8, 4) is 0 Å². The molecule has 0 amide bonds. The fraction of sp³-hybridized carbons (Fsp3) is 0.333. The average molecular weight is 332 g/mol. The Morgan fingerprint density at radius 3 is 2.45 bits per heavy atom. The molecule has 0 bridgehead atoms. The molecule has 0 aromatic heterocycles. The van der Waals surface area contributed by atoms with Crippen LogP contribution in [0.3, 0.4) is 0 Å². The van der Waals surface area contributed by atoms with Crippen LogP contribution in [-0.2, 0) is 6.42 Å². The van der Waals surface area contributed by atoms with Crippen LogP contribution in [0.25, 0.3) is 0 Å². The van der Waals surface area contributed by atoms with Crippen molar-refractivity contribution in [2.45, 2.75) is 38.8 Å². The molecule has 2 heteroatoms. The molecule has 1 N–H and O–H groups in total. The maximum atomic E-state index is 3.74. The van der Waals surface area contributed by atoms with Gasteiger partial charge < -0.3 is 5.32 Å². The predicted octanol–water partition coefficient (Wildman–Crippen LogP) is 5.12. The van der Waals surface area contributed by atoms with Crippen LogP contribution < -0.4 is 5.32 Å². The monoisotopic (exact) mass is 331 g/mol. The van der Waals surface area contributed by atoms with Gasteiger partial charge in [-0.3, -0.25) is 0 Å². The molecule has 0 heterocycles. The quantitative estimate of drug-likeness (QED) is 0.774. The molecule has 0 aliphatic heterocycles. The Morgan fingerprint density at radius 2 is 1.80 bits per heavy atom. The van der Waals surface area contributed by atoms with E-state index in [0.29, 0.717) is 12.1 Å². The van der Waals surface area contributed by atoms with Crippen LogP contribution in [0.2, 0.25) is 0 Å². The van der Waals surface area contributed by atoms with Crippen molar-refractivity contribution in [2.24, 2.45) is 0 Å². The Morgan fingerprint density at radius 1 is 1.05 bits per heavy atom. The molecule has 2 aromatic carbocycles. The smallest absolute Gasteiger partial charge is 0.0294 e. The molecule has 0 aliphatic rings. The first-order valence-corrected chi connectivity index (χ1v) is 8.03. The van der Waals surface area contributed by atoms with Crippen LogP contribution in [0.5, 0.6) is 0 Å². The topological polar surface area (TPSA) is 12.0 Å². The first-order valence-electron chi connectivity index (χ1n) is 7.24. The molecule has 106 valence electrons. The molecule has 2 atom stereocenters. The number of nitrogens with one attached hydrogen (secondary N) is 1. The highest BCUT2D eigenvalue weighted by atomic mass is 79.9. The highest BCUT2D eigenvalue weighted by molar-refractivity contribution is 9.10. The summed E-state index contributed by atoms with van der Waals surface area (Å²) in [7, 11) is 0. The Bertz CT molecular complexity index is 524. The number of halogens is 1. The van der Waals surface area contributed by atoms with Crippen molar-refractivity contribution in [3.05, 3.63) is 70.2 Å². The normalized spacial score (nSPS) is 13.9. The van der Waals surface area contributed by atoms with Gasteiger partial charge in [0.25, 0.3) is 0 Å². The first-order chi connectivity index (χ1) is 9.69. The Balaban J connectivity index is 1.99. The minimum atomic E-state index is 0.362. The van der Waals surface area contributed by atoms with Gasteiger partial charge in [0.2, 0.25) is 0 Å². The molecule has 0 saturated heterocycles. The SMILES string of the molecule is CCC(Cc1ccccc1)N[C@H](C)c1cccc(Br)c1. The minimum absolute atomic E-state index is 0.362. The van der Waals surface area contributed by atoms with Crippen molar-refractivity contribution in [3.63, 3.8) is 0 Å². The third-order valence-corrected chi connectivity index (χ3v) is 4.15. The minimum Gasteiger partial charge on any atom is -0.307 e. The molecule has 2 aromatic rings. The lowest BCUT2D eigenvalue weighted by molar-refractivity contribution is 0.440. The van der Waals surface area contributed by atoms with Crippen LogP contribution in [0.4, 0.5) is 0 Å². The zero-order chi connectivity index (χ0) is 14.4. The van der Waals surface area contributed by atoms with E-state index in [1.807, 2.05) is 0 Å². The molecular formula is C18H22BrN. The molecule has 0 saturated carbocycles. The lowest BCUT2D eigenvalue weighted by Gasteiger charge is -2.23. The summed E-state index contributed by atoms with van der Waals surface area (Å²) in [6.45, 7) is 4.48. The number of hydrogen-bond donors (Lipinski definition) is 1. The number of hydrogen-bond acceptors (Lipinski definition) is 1. The summed E-state index contributed by atoms with van der Waals surface area (Å²) >= 11 is 3.54. The van der Waals surface area contributed by atoms with Crippen LogP contribution in [-0.4, -0.2) is 6.04 Å². The van der Waals surface area contributed by atoms with Crippen LogP contribution in [0.15, 0.2) is 59.1 Å². The fourth-order valence-corrected chi connectivity index (χ4v) is 2.86. The summed E-state index contributed by atoms with van der Waals surface area (Å²) in [5.74, 6) is 0. The highest BCUT2D eigenvalue weighted by Crippen LogP contribution is 2.19. The zero-order valence-corrected chi connectivity index (χ0v) is 13.7. The third-order valence-electron chi connectivity index (χ3n) is 3.65. The molecule has 0 fully saturated rings. The van der Waals surface area contributed by atoms with Crippen LogP contribution in [0.1, 0.15) is 37.4 Å². The molecule has 0 aliphatic carbocycles. The second-order valence-corrected chi connectivity index (χ2v) is 6.15. The van der Waals surface area contributed by atoms with Gasteiger partial charge in [0.05, 0.1) is 0 Å². The third kappa shape index (κ3) is 4.46. The lowest BCUT2D eigenvalue weighted by Crippen LogP contribution is -2.32. The summed E-state index contributed by atoms with van der Waals surface area (Å²) in [4.78, 5) is 0. The summed E-state index contributed by atoms with van der Waals surface area (Å²) in [5, 5.41) is 3.74. The Hall–Kier alpha value is -1.12. The highest BCUT2D eigenvalue weighted by Gasteiger charge is 2.12. The van der Waals surface area contributed by atoms with Crippen molar-refractivity contribution in [2.75, 3.05) is 0 Å². The van der Waals surface area contributed by atoms with Gasteiger partial charge in [-0.2, -0.15) is 0 Å². The maximum absolute atomic E-state index is 3.74. The Kier molecular flexibility index (Phi) is 5.81. The first kappa shape index (κ1) is 15.3. The van der Waals surface area contributed by atoms with E-state index in [2.05, 4.69) is 89.7 Å². The standard InChI is InChI=1S/C18H22BrN/c1-3-18(12-15-8-5-4-6-9-15)20-14(2)16-10-7-11-17(19)13-16/h4-11,13-14,18,20H,3,12H2,1-2H3/t14-,18?/m1/s1. The molecule has 1 unspecified atom stereocenters. The van der Waals surface area contributed by atoms with Crippen molar-refractivity contribution in [1.82, 2.24) is 5.32 Å². The van der Waals surface area contributed by atoms with Crippen LogP contribution in [0, 0.1) is 0 Å². The van der Waals surface area contributed by atoms with Crippen molar-refractivity contribution >= 4 is 15.9 Å². The second kappa shape index (κ2) is 7.61. The molecule has 2 rings (SSSR count). The van der Waals surface area contributed by atoms with Gasteiger partial charge in [-0.1, -0.05) is 65.3 Å². The van der Waals surface area contributed by atoms with E-state index in [-0.39, 0.29) is 0 Å². The second-order valence-electron chi connectivity index (χ2n) is 5.24. The van der Waals surface area contributed by atoms with E-state index >= 15 is 0 Å². The van der Waals surface area contributed by atoms with Crippen molar-refractivity contribution in [1.29, 1.82) is 0 Å². The van der Waals surface area contributed by atoms with E-state index in [9.17, 15) is 0 Å². The van der Waals surface area contributed by atoms with Gasteiger partial charge >= 0.3 is 0 Å². The van der Waals surface area contributed by atoms with Gasteiger partial charge in [-0.05, 0) is 43.0 Å². The number of rotatable bonds is 6.